The van der Waals surface area contributed by atoms with E-state index in [1.165, 1.54) is 22.0 Å². The normalized spacial score (nSPS) is 21.1. The van der Waals surface area contributed by atoms with Crippen LogP contribution in [0.25, 0.3) is 10.9 Å². The smallest absolute Gasteiger partial charge is 0.191 e. The molecule has 0 radical (unpaired) electrons. The third kappa shape index (κ3) is 4.58. The minimum Gasteiger partial charge on any atom is -0.393 e. The molecule has 4 N–H and O–H groups in total. The van der Waals surface area contributed by atoms with E-state index in [0.717, 1.165) is 57.6 Å². The molecule has 142 valence electrons. The Bertz CT molecular complexity index is 729. The second kappa shape index (κ2) is 9.08. The lowest BCUT2D eigenvalue weighted by atomic mass is 9.93. The number of hydrogen-bond donors (Lipinski definition) is 4. The summed E-state index contributed by atoms with van der Waals surface area (Å²) in [6, 6.07) is 6.94. The van der Waals surface area contributed by atoms with Crippen LogP contribution in [0.5, 0.6) is 0 Å². The Morgan fingerprint density at radius 2 is 2.00 bits per heavy atom. The summed E-state index contributed by atoms with van der Waals surface area (Å²) >= 11 is 0. The molecule has 0 aliphatic heterocycles. The van der Waals surface area contributed by atoms with Crippen molar-refractivity contribution < 1.29 is 5.11 Å². The highest BCUT2D eigenvalue weighted by Gasteiger charge is 2.19. The van der Waals surface area contributed by atoms with E-state index in [1.807, 2.05) is 0 Å². The fraction of sp³-hybridized carbons (Fsp3) is 0.571. The summed E-state index contributed by atoms with van der Waals surface area (Å²) in [4.78, 5) is 8.21. The molecule has 1 aliphatic carbocycles. The first kappa shape index (κ1) is 18.8. The van der Waals surface area contributed by atoms with Crippen LogP contribution in [0.2, 0.25) is 0 Å². The average molecular weight is 357 g/mol. The van der Waals surface area contributed by atoms with E-state index in [9.17, 15) is 5.11 Å². The van der Waals surface area contributed by atoms with Crippen molar-refractivity contribution in [1.82, 2.24) is 15.6 Å². The molecule has 0 saturated heterocycles. The lowest BCUT2D eigenvalue weighted by Crippen LogP contribution is -2.45. The summed E-state index contributed by atoms with van der Waals surface area (Å²) < 4.78 is 0. The van der Waals surface area contributed by atoms with E-state index >= 15 is 0 Å². The van der Waals surface area contributed by atoms with Crippen LogP contribution in [0.15, 0.2) is 29.4 Å². The van der Waals surface area contributed by atoms with Gasteiger partial charge in [0.25, 0.3) is 0 Å². The number of aliphatic hydroxyl groups excluding tert-OH is 1. The van der Waals surface area contributed by atoms with Gasteiger partial charge in [-0.25, -0.2) is 0 Å². The van der Waals surface area contributed by atoms with Crippen LogP contribution in [-0.2, 0) is 12.8 Å². The van der Waals surface area contributed by atoms with Gasteiger partial charge in [-0.05, 0) is 56.6 Å². The summed E-state index contributed by atoms with van der Waals surface area (Å²) in [6.45, 7) is 5.90. The predicted octanol–water partition coefficient (Wildman–Crippen LogP) is 3.13. The van der Waals surface area contributed by atoms with Gasteiger partial charge in [-0.3, -0.25) is 4.99 Å². The zero-order valence-corrected chi connectivity index (χ0v) is 16.0. The highest BCUT2D eigenvalue weighted by Crippen LogP contribution is 2.22. The minimum absolute atomic E-state index is 0.123. The molecule has 1 heterocycles. The van der Waals surface area contributed by atoms with Gasteiger partial charge in [-0.15, -0.1) is 0 Å². The SMILES string of the molecule is CCNC(=NCCc1c[nH]c2c(CC)cccc12)NC1CCC(O)CC1. The first-order chi connectivity index (χ1) is 12.7. The number of aryl methyl sites for hydroxylation is 1. The third-order valence-electron chi connectivity index (χ3n) is 5.30. The number of aliphatic hydroxyl groups is 1. The van der Waals surface area contributed by atoms with Crippen molar-refractivity contribution in [1.29, 1.82) is 0 Å². The third-order valence-corrected chi connectivity index (χ3v) is 5.30. The van der Waals surface area contributed by atoms with Gasteiger partial charge in [-0.2, -0.15) is 0 Å². The molecule has 1 aromatic heterocycles. The summed E-state index contributed by atoms with van der Waals surface area (Å²) in [5, 5.41) is 17.9. The van der Waals surface area contributed by atoms with Crippen molar-refractivity contribution in [2.75, 3.05) is 13.1 Å². The molecule has 0 bridgehead atoms. The molecule has 5 heteroatoms. The van der Waals surface area contributed by atoms with E-state index in [1.54, 1.807) is 0 Å². The van der Waals surface area contributed by atoms with Crippen LogP contribution in [-0.4, -0.2) is 41.3 Å². The average Bonchev–Trinajstić information content (AvgIpc) is 3.07. The van der Waals surface area contributed by atoms with E-state index in [4.69, 9.17) is 4.99 Å². The monoisotopic (exact) mass is 356 g/mol. The van der Waals surface area contributed by atoms with E-state index < -0.39 is 0 Å². The topological polar surface area (TPSA) is 72.4 Å². The number of aromatic amines is 1. The maximum absolute atomic E-state index is 9.66. The van der Waals surface area contributed by atoms with Crippen LogP contribution >= 0.6 is 0 Å². The minimum atomic E-state index is -0.123. The van der Waals surface area contributed by atoms with E-state index in [2.05, 4.69) is 53.9 Å². The van der Waals surface area contributed by atoms with Crippen molar-refractivity contribution in [3.63, 3.8) is 0 Å². The summed E-state index contributed by atoms with van der Waals surface area (Å²) in [7, 11) is 0. The fourth-order valence-electron chi connectivity index (χ4n) is 3.80. The molecule has 3 rings (SSSR count). The molecule has 1 aliphatic rings. The maximum Gasteiger partial charge on any atom is 0.191 e. The molecule has 0 unspecified atom stereocenters. The molecule has 0 amide bonds. The number of nitrogens with one attached hydrogen (secondary N) is 3. The zero-order chi connectivity index (χ0) is 18.4. The number of aromatic nitrogens is 1. The van der Waals surface area contributed by atoms with Gasteiger partial charge in [0.2, 0.25) is 0 Å². The van der Waals surface area contributed by atoms with Crippen LogP contribution in [0.3, 0.4) is 0 Å². The highest BCUT2D eigenvalue weighted by molar-refractivity contribution is 5.86. The van der Waals surface area contributed by atoms with Crippen LogP contribution in [0.1, 0.15) is 50.7 Å². The Kier molecular flexibility index (Phi) is 6.56. The Morgan fingerprint density at radius 3 is 2.73 bits per heavy atom. The molecule has 1 fully saturated rings. The number of rotatable bonds is 6. The number of aliphatic imine (C=N–C) groups is 1. The number of benzene rings is 1. The number of hydrogen-bond acceptors (Lipinski definition) is 2. The van der Waals surface area contributed by atoms with Crippen molar-refractivity contribution in [2.24, 2.45) is 4.99 Å². The molecule has 1 aromatic carbocycles. The molecular weight excluding hydrogens is 324 g/mol. The Hall–Kier alpha value is -2.01. The second-order valence-corrected chi connectivity index (χ2v) is 7.17. The zero-order valence-electron chi connectivity index (χ0n) is 16.0. The summed E-state index contributed by atoms with van der Waals surface area (Å²) in [5.74, 6) is 0.892. The largest absolute Gasteiger partial charge is 0.393 e. The molecule has 1 saturated carbocycles. The molecule has 26 heavy (non-hydrogen) atoms. The Labute approximate surface area is 156 Å². The number of H-pyrrole nitrogens is 1. The van der Waals surface area contributed by atoms with E-state index in [-0.39, 0.29) is 6.10 Å². The van der Waals surface area contributed by atoms with Crippen LogP contribution in [0, 0.1) is 0 Å². The van der Waals surface area contributed by atoms with Crippen molar-refractivity contribution >= 4 is 16.9 Å². The van der Waals surface area contributed by atoms with Crippen LogP contribution in [0.4, 0.5) is 0 Å². The highest BCUT2D eigenvalue weighted by atomic mass is 16.3. The number of guanidine groups is 1. The van der Waals surface area contributed by atoms with Gasteiger partial charge in [-0.1, -0.05) is 25.1 Å². The van der Waals surface area contributed by atoms with Gasteiger partial charge in [0.1, 0.15) is 0 Å². The summed E-state index contributed by atoms with van der Waals surface area (Å²) in [6.07, 6.45) is 7.75. The first-order valence-corrected chi connectivity index (χ1v) is 10.0. The van der Waals surface area contributed by atoms with Crippen molar-refractivity contribution in [3.05, 3.63) is 35.5 Å². The fourth-order valence-corrected chi connectivity index (χ4v) is 3.80. The van der Waals surface area contributed by atoms with Gasteiger partial charge >= 0.3 is 0 Å². The Morgan fingerprint density at radius 1 is 1.19 bits per heavy atom. The van der Waals surface area contributed by atoms with Gasteiger partial charge < -0.3 is 20.7 Å². The predicted molar refractivity (Wildman–Crippen MR) is 109 cm³/mol. The molecule has 0 spiro atoms. The van der Waals surface area contributed by atoms with E-state index in [0.29, 0.717) is 6.04 Å². The van der Waals surface area contributed by atoms with Crippen molar-refractivity contribution in [3.8, 4) is 0 Å². The summed E-state index contributed by atoms with van der Waals surface area (Å²) in [5.41, 5.74) is 3.96. The van der Waals surface area contributed by atoms with Gasteiger partial charge in [0, 0.05) is 36.2 Å². The second-order valence-electron chi connectivity index (χ2n) is 7.17. The molecule has 2 aromatic rings. The first-order valence-electron chi connectivity index (χ1n) is 10.0. The lowest BCUT2D eigenvalue weighted by molar-refractivity contribution is 0.120. The molecule has 5 nitrogen and oxygen atoms in total. The quantitative estimate of drug-likeness (QED) is 0.475. The lowest BCUT2D eigenvalue weighted by Gasteiger charge is -2.27. The van der Waals surface area contributed by atoms with Crippen molar-refractivity contribution in [2.45, 2.75) is 64.5 Å². The molecule has 0 atom stereocenters. The van der Waals surface area contributed by atoms with Gasteiger partial charge in [0.15, 0.2) is 5.96 Å². The number of nitrogens with zero attached hydrogens (tertiary/aromatic N) is 1. The van der Waals surface area contributed by atoms with Gasteiger partial charge in [0.05, 0.1) is 6.10 Å². The standard InChI is InChI=1S/C21H32N4O/c1-3-15-6-5-7-19-16(14-24-20(15)19)12-13-23-21(22-4-2)25-17-8-10-18(26)11-9-17/h5-7,14,17-18,24,26H,3-4,8-13H2,1-2H3,(H2,22,23,25). The van der Waals surface area contributed by atoms with Crippen LogP contribution < -0.4 is 10.6 Å². The number of fused-ring (bicyclic) bond motifs is 1. The number of para-hydroxylation sites is 1. The Balaban J connectivity index is 1.61. The maximum atomic E-state index is 9.66. The molecular formula is C21H32N4O.